The number of aliphatic imine (C=N–C) groups is 1. The number of hydrogen-bond donors (Lipinski definition) is 2. The molecule has 0 saturated heterocycles. The lowest BCUT2D eigenvalue weighted by Gasteiger charge is -2.00. The van der Waals surface area contributed by atoms with Gasteiger partial charge in [0, 0.05) is 8.42 Å². The summed E-state index contributed by atoms with van der Waals surface area (Å²) in [5.41, 5.74) is 3.68. The molecule has 1 aliphatic rings. The highest BCUT2D eigenvalue weighted by molar-refractivity contribution is 6.30. The van der Waals surface area contributed by atoms with Crippen molar-refractivity contribution in [2.24, 2.45) is 4.99 Å². The van der Waals surface area contributed by atoms with Crippen LogP contribution in [-0.4, -0.2) is 21.7 Å². The number of carbonyl (C=O) groups is 1. The lowest BCUT2D eigenvalue weighted by molar-refractivity contribution is 0.101. The van der Waals surface area contributed by atoms with Gasteiger partial charge in [-0.15, -0.1) is 0 Å². The largest absolute Gasteiger partial charge is 0.494 e. The number of benzene rings is 2. The van der Waals surface area contributed by atoms with E-state index in [1.54, 1.807) is 0 Å². The van der Waals surface area contributed by atoms with Crippen molar-refractivity contribution in [1.29, 1.82) is 0 Å². The molecule has 0 aliphatic carbocycles. The molecule has 1 amide bonds. The third-order valence-electron chi connectivity index (χ3n) is 3.75. The van der Waals surface area contributed by atoms with Crippen LogP contribution in [0.15, 0.2) is 65.7 Å². The Morgan fingerprint density at radius 3 is 2.00 bits per heavy atom. The Morgan fingerprint density at radius 2 is 1.44 bits per heavy atom. The van der Waals surface area contributed by atoms with Crippen LogP contribution in [0.3, 0.4) is 0 Å². The van der Waals surface area contributed by atoms with Gasteiger partial charge in [-0.1, -0.05) is 80.9 Å². The van der Waals surface area contributed by atoms with E-state index in [0.29, 0.717) is 22.5 Å². The summed E-state index contributed by atoms with van der Waals surface area (Å²) in [6, 6.07) is 18.8. The molecule has 0 bridgehead atoms. The van der Waals surface area contributed by atoms with Crippen molar-refractivity contribution in [3.05, 3.63) is 77.4 Å². The summed E-state index contributed by atoms with van der Waals surface area (Å²) in [7, 11) is 0. The van der Waals surface area contributed by atoms with E-state index in [4.69, 9.17) is 0 Å². The molecular formula is C21H24N2O2. The van der Waals surface area contributed by atoms with Crippen molar-refractivity contribution < 1.29 is 12.8 Å². The first-order valence-electron chi connectivity index (χ1n) is 8.36. The van der Waals surface area contributed by atoms with Crippen LogP contribution < -0.4 is 0 Å². The topological polar surface area (TPSA) is 65.4 Å². The van der Waals surface area contributed by atoms with E-state index in [2.05, 4.69) is 23.8 Å². The molecule has 2 heterocycles. The number of H-pyrrole nitrogens is 1. The number of aromatic nitrogens is 1. The minimum atomic E-state index is -0.329. The molecule has 0 fully saturated rings. The summed E-state index contributed by atoms with van der Waals surface area (Å²) in [6.07, 6.45) is 1.25. The van der Waals surface area contributed by atoms with Crippen LogP contribution in [0.4, 0.5) is 0 Å². The first kappa shape index (κ1) is 16.7. The van der Waals surface area contributed by atoms with Gasteiger partial charge in [-0.2, -0.15) is 0 Å². The number of rotatable bonds is 2. The number of amides is 1. The highest BCUT2D eigenvalue weighted by atomic mass is 16.3. The van der Waals surface area contributed by atoms with Crippen LogP contribution in [0.2, 0.25) is 0 Å². The molecule has 130 valence electrons. The van der Waals surface area contributed by atoms with Crippen molar-refractivity contribution in [2.75, 3.05) is 0 Å². The number of hydrogen-bond acceptors (Lipinski definition) is 2. The number of nitrogens with one attached hydrogen (secondary N) is 1. The average Bonchev–Trinajstić information content (AvgIpc) is 3.16. The summed E-state index contributed by atoms with van der Waals surface area (Å²) in [5, 5.41) is 10.3. The van der Waals surface area contributed by atoms with Gasteiger partial charge in [0.2, 0.25) is 0 Å². The van der Waals surface area contributed by atoms with Gasteiger partial charge in [0.15, 0.2) is 5.88 Å². The van der Waals surface area contributed by atoms with Crippen LogP contribution in [0.1, 0.15) is 44.6 Å². The second kappa shape index (κ2) is 7.18. The van der Waals surface area contributed by atoms with Crippen LogP contribution >= 0.6 is 0 Å². The van der Waals surface area contributed by atoms with Gasteiger partial charge < -0.3 is 10.1 Å². The molecule has 1 aliphatic heterocycles. The van der Waals surface area contributed by atoms with E-state index in [0.717, 1.165) is 11.1 Å². The summed E-state index contributed by atoms with van der Waals surface area (Å²) < 4.78 is 0. The van der Waals surface area contributed by atoms with Crippen LogP contribution in [0.5, 0.6) is 5.88 Å². The molecular weight excluding hydrogens is 312 g/mol. The maximum Gasteiger partial charge on any atom is 0.280 e. The van der Waals surface area contributed by atoms with Gasteiger partial charge in [-0.05, 0) is 5.56 Å². The van der Waals surface area contributed by atoms with Gasteiger partial charge in [0.25, 0.3) is 5.91 Å². The third-order valence-corrected chi connectivity index (χ3v) is 3.75. The molecule has 25 heavy (non-hydrogen) atoms. The predicted octanol–water partition coefficient (Wildman–Crippen LogP) is 5.29. The second-order valence-electron chi connectivity index (χ2n) is 5.80. The molecule has 0 saturated carbocycles. The quantitative estimate of drug-likeness (QED) is 0.668. The molecule has 4 rings (SSSR count). The molecule has 2 N–H and O–H groups in total. The smallest absolute Gasteiger partial charge is 0.280 e. The van der Waals surface area contributed by atoms with Crippen LogP contribution in [0.25, 0.3) is 11.3 Å². The predicted molar refractivity (Wildman–Crippen MR) is 104 cm³/mol. The van der Waals surface area contributed by atoms with Crippen molar-refractivity contribution in [3.8, 4) is 17.1 Å². The van der Waals surface area contributed by atoms with Gasteiger partial charge in [0.1, 0.15) is 0 Å². The Kier molecular flexibility index (Phi) is 4.80. The molecule has 2 aromatic carbocycles. The highest BCUT2D eigenvalue weighted by Crippen LogP contribution is 2.37. The van der Waals surface area contributed by atoms with Crippen molar-refractivity contribution in [3.63, 3.8) is 0 Å². The second-order valence-corrected chi connectivity index (χ2v) is 5.80. The van der Waals surface area contributed by atoms with E-state index in [1.807, 2.05) is 60.7 Å². The Hall–Kier alpha value is -3.14. The fourth-order valence-electron chi connectivity index (χ4n) is 2.77. The standard InChI is InChI=1S/C18H12N2O2.C3H8.2H2/c21-17-13-14(16(20-17)12-9-5-2-6-10-12)18(22)19-15(13)11-7-3-1-4-8-11;1-3-2;;/h1-10,19,22H;3H2,1-2H3;2*1H. The van der Waals surface area contributed by atoms with E-state index in [-0.39, 0.29) is 14.6 Å². The number of aromatic hydroxyl groups is 1. The Bertz CT molecular complexity index is 920. The summed E-state index contributed by atoms with van der Waals surface area (Å²) >= 11 is 0. The zero-order valence-corrected chi connectivity index (χ0v) is 14.3. The van der Waals surface area contributed by atoms with Gasteiger partial charge in [-0.3, -0.25) is 4.79 Å². The molecule has 4 nitrogen and oxygen atoms in total. The van der Waals surface area contributed by atoms with E-state index >= 15 is 0 Å². The monoisotopic (exact) mass is 336 g/mol. The maximum atomic E-state index is 12.3. The summed E-state index contributed by atoms with van der Waals surface area (Å²) in [6.45, 7) is 4.25. The fraction of sp³-hybridized carbons (Fsp3) is 0.143. The molecule has 0 spiro atoms. The van der Waals surface area contributed by atoms with Crippen molar-refractivity contribution in [1.82, 2.24) is 4.98 Å². The number of fused-ring (bicyclic) bond motifs is 1. The molecule has 0 atom stereocenters. The summed E-state index contributed by atoms with van der Waals surface area (Å²) in [4.78, 5) is 19.4. The third kappa shape index (κ3) is 3.11. The average molecular weight is 336 g/mol. The lowest BCUT2D eigenvalue weighted by Crippen LogP contribution is -1.99. The Morgan fingerprint density at radius 1 is 0.920 bits per heavy atom. The van der Waals surface area contributed by atoms with E-state index in [9.17, 15) is 9.90 Å². The highest BCUT2D eigenvalue weighted by Gasteiger charge is 2.33. The van der Waals surface area contributed by atoms with Crippen molar-refractivity contribution in [2.45, 2.75) is 20.3 Å². The molecule has 0 unspecified atom stereocenters. The first-order valence-corrected chi connectivity index (χ1v) is 8.36. The molecule has 0 radical (unpaired) electrons. The SMILES string of the molecule is CCC.O=C1N=C(c2ccccc2)c2c(O)[nH]c(-c3ccccc3)c21.[HH].[HH]. The van der Waals surface area contributed by atoms with Gasteiger partial charge in [0.05, 0.1) is 22.5 Å². The van der Waals surface area contributed by atoms with Crippen LogP contribution in [0, 0.1) is 0 Å². The van der Waals surface area contributed by atoms with E-state index < -0.39 is 0 Å². The minimum Gasteiger partial charge on any atom is -0.494 e. The lowest BCUT2D eigenvalue weighted by atomic mass is 10.0. The maximum absolute atomic E-state index is 12.3. The van der Waals surface area contributed by atoms with E-state index in [1.165, 1.54) is 6.42 Å². The zero-order chi connectivity index (χ0) is 17.8. The van der Waals surface area contributed by atoms with Crippen LogP contribution in [-0.2, 0) is 0 Å². The first-order chi connectivity index (χ1) is 12.2. The molecule has 1 aromatic heterocycles. The number of aromatic amines is 1. The Balaban J connectivity index is 0.000000686. The minimum absolute atomic E-state index is 0. The van der Waals surface area contributed by atoms with Crippen molar-refractivity contribution >= 4 is 11.6 Å². The normalized spacial score (nSPS) is 12.2. The van der Waals surface area contributed by atoms with Gasteiger partial charge in [-0.25, -0.2) is 4.99 Å². The van der Waals surface area contributed by atoms with Gasteiger partial charge >= 0.3 is 0 Å². The Labute approximate surface area is 149 Å². The molecule has 3 aromatic rings. The number of carbonyl (C=O) groups excluding carboxylic acids is 1. The number of nitrogens with zero attached hydrogens (tertiary/aromatic N) is 1. The fourth-order valence-corrected chi connectivity index (χ4v) is 2.77. The zero-order valence-electron chi connectivity index (χ0n) is 14.3. The summed E-state index contributed by atoms with van der Waals surface area (Å²) in [5.74, 6) is -0.355. The molecule has 4 heteroatoms.